The number of methoxy groups -OCH3 is 2. The Morgan fingerprint density at radius 1 is 1.05 bits per heavy atom. The van der Waals surface area contributed by atoms with E-state index in [0.717, 1.165) is 35.6 Å². The number of thioether (sulfide) groups is 1. The van der Waals surface area contributed by atoms with Gasteiger partial charge in [0.2, 0.25) is 11.8 Å². The van der Waals surface area contributed by atoms with Gasteiger partial charge in [-0.05, 0) is 49.6 Å². The van der Waals surface area contributed by atoms with Crippen LogP contribution in [0.1, 0.15) is 38.5 Å². The smallest absolute Gasteiger partial charge is 0.337 e. The predicted molar refractivity (Wildman–Crippen MR) is 139 cm³/mol. The van der Waals surface area contributed by atoms with Crippen LogP contribution in [0.15, 0.2) is 47.0 Å². The molecule has 9 nitrogen and oxygen atoms in total. The summed E-state index contributed by atoms with van der Waals surface area (Å²) in [5.41, 5.74) is 4.50. The molecule has 0 saturated heterocycles. The highest BCUT2D eigenvalue weighted by atomic mass is 32.2. The van der Waals surface area contributed by atoms with Crippen LogP contribution < -0.4 is 10.6 Å². The molecule has 192 valence electrons. The van der Waals surface area contributed by atoms with Crippen LogP contribution in [0.3, 0.4) is 0 Å². The molecule has 2 N–H and O–H groups in total. The van der Waals surface area contributed by atoms with E-state index < -0.39 is 29.7 Å². The first kappa shape index (κ1) is 27.5. The first-order valence-corrected chi connectivity index (χ1v) is 12.3. The number of aryl methyl sites for hydroxylation is 3. The number of anilines is 1. The molecule has 2 aromatic carbocycles. The molecule has 1 heterocycles. The van der Waals surface area contributed by atoms with E-state index >= 15 is 0 Å². The van der Waals surface area contributed by atoms with Crippen LogP contribution in [0.25, 0.3) is 0 Å². The summed E-state index contributed by atoms with van der Waals surface area (Å²) in [6.07, 6.45) is 0. The number of hydrogen-bond acceptors (Lipinski definition) is 8. The third-order valence-corrected chi connectivity index (χ3v) is 6.98. The lowest BCUT2D eigenvalue weighted by molar-refractivity contribution is -0.150. The number of nitriles is 1. The Kier molecular flexibility index (Phi) is 8.73. The van der Waals surface area contributed by atoms with Gasteiger partial charge in [-0.2, -0.15) is 5.26 Å². The zero-order chi connectivity index (χ0) is 27.3. The molecular formula is C27H27N3O6S. The van der Waals surface area contributed by atoms with Gasteiger partial charge in [-0.25, -0.2) is 4.79 Å². The van der Waals surface area contributed by atoms with Crippen LogP contribution in [0, 0.1) is 38.0 Å². The summed E-state index contributed by atoms with van der Waals surface area (Å²) in [5.74, 6) is -4.68. The van der Waals surface area contributed by atoms with Gasteiger partial charge in [0, 0.05) is 11.6 Å². The Morgan fingerprint density at radius 3 is 2.22 bits per heavy atom. The molecular weight excluding hydrogens is 494 g/mol. The molecule has 3 rings (SSSR count). The first-order chi connectivity index (χ1) is 17.6. The maximum Gasteiger partial charge on any atom is 0.337 e. The van der Waals surface area contributed by atoms with Crippen molar-refractivity contribution < 1.29 is 28.7 Å². The maximum absolute atomic E-state index is 13.0. The zero-order valence-corrected chi connectivity index (χ0v) is 21.9. The monoisotopic (exact) mass is 521 g/mol. The summed E-state index contributed by atoms with van der Waals surface area (Å²) in [6, 6.07) is 12.1. The van der Waals surface area contributed by atoms with Crippen molar-refractivity contribution in [3.63, 3.8) is 0 Å². The Labute approximate surface area is 219 Å². The van der Waals surface area contributed by atoms with E-state index in [4.69, 9.17) is 9.47 Å². The molecule has 0 saturated carbocycles. The van der Waals surface area contributed by atoms with Crippen LogP contribution in [-0.4, -0.2) is 43.7 Å². The van der Waals surface area contributed by atoms with E-state index in [1.165, 1.54) is 19.2 Å². The van der Waals surface area contributed by atoms with Gasteiger partial charge in [0.25, 0.3) is 0 Å². The summed E-state index contributed by atoms with van der Waals surface area (Å²) >= 11 is 0.994. The average molecular weight is 522 g/mol. The summed E-state index contributed by atoms with van der Waals surface area (Å²) in [6.45, 7) is 5.79. The first-order valence-electron chi connectivity index (χ1n) is 11.3. The third-order valence-electron chi connectivity index (χ3n) is 5.96. The normalized spacial score (nSPS) is 16.9. The van der Waals surface area contributed by atoms with Gasteiger partial charge in [0.05, 0.1) is 42.2 Å². The Morgan fingerprint density at radius 2 is 1.68 bits per heavy atom. The second-order valence-corrected chi connectivity index (χ2v) is 9.53. The number of hydrogen-bond donors (Lipinski definition) is 2. The van der Waals surface area contributed by atoms with Crippen LogP contribution in [0.4, 0.5) is 5.69 Å². The van der Waals surface area contributed by atoms with E-state index in [-0.39, 0.29) is 27.8 Å². The molecule has 0 unspecified atom stereocenters. The topological polar surface area (TPSA) is 135 Å². The number of carbonyl (C=O) groups is 4. The second kappa shape index (κ2) is 11.8. The Hall–Kier alpha value is -4.10. The molecule has 0 fully saturated rings. The van der Waals surface area contributed by atoms with Gasteiger partial charge in [0.15, 0.2) is 0 Å². The number of amides is 2. The van der Waals surface area contributed by atoms with Gasteiger partial charge in [-0.3, -0.25) is 14.4 Å². The minimum absolute atomic E-state index is 0.0789. The summed E-state index contributed by atoms with van der Waals surface area (Å²) in [5, 5.41) is 15.7. The standard InChI is InChI=1S/C27H27N3O6S/c1-14-10-15(2)23(16(3)11-14)29-20(31)13-37-25-19(12-28)21(22(24(32)30-25)27(34)36-5)17-6-8-18(9-7-17)26(33)35-4/h6-11,21-22H,13H2,1-5H3,(H,29,31)(H,30,32)/t21-,22+/m1/s1. The molecule has 37 heavy (non-hydrogen) atoms. The lowest BCUT2D eigenvalue weighted by Gasteiger charge is -2.31. The zero-order valence-electron chi connectivity index (χ0n) is 21.1. The number of carbonyl (C=O) groups excluding carboxylic acids is 4. The van der Waals surface area contributed by atoms with Gasteiger partial charge in [-0.15, -0.1) is 0 Å². The van der Waals surface area contributed by atoms with Crippen molar-refractivity contribution in [1.82, 2.24) is 5.32 Å². The minimum Gasteiger partial charge on any atom is -0.468 e. The van der Waals surface area contributed by atoms with E-state index in [1.54, 1.807) is 12.1 Å². The average Bonchev–Trinajstić information content (AvgIpc) is 2.88. The summed E-state index contributed by atoms with van der Waals surface area (Å²) < 4.78 is 9.55. The van der Waals surface area contributed by atoms with Crippen molar-refractivity contribution in [3.8, 4) is 6.07 Å². The van der Waals surface area contributed by atoms with Gasteiger partial charge < -0.3 is 20.1 Å². The summed E-state index contributed by atoms with van der Waals surface area (Å²) in [4.78, 5) is 50.1. The van der Waals surface area contributed by atoms with Gasteiger partial charge in [0.1, 0.15) is 5.92 Å². The Bertz CT molecular complexity index is 1300. The molecule has 10 heteroatoms. The second-order valence-electron chi connectivity index (χ2n) is 8.55. The molecule has 0 spiro atoms. The van der Waals surface area contributed by atoms with Crippen LogP contribution in [0.5, 0.6) is 0 Å². The van der Waals surface area contributed by atoms with E-state index in [0.29, 0.717) is 11.3 Å². The summed E-state index contributed by atoms with van der Waals surface area (Å²) in [7, 11) is 2.42. The third kappa shape index (κ3) is 6.01. The molecule has 1 aliphatic rings. The molecule has 2 atom stereocenters. The lowest BCUT2D eigenvalue weighted by Crippen LogP contribution is -2.44. The van der Waals surface area contributed by atoms with Gasteiger partial charge >= 0.3 is 11.9 Å². The lowest BCUT2D eigenvalue weighted by atomic mass is 9.78. The van der Waals surface area contributed by atoms with Crippen LogP contribution >= 0.6 is 11.8 Å². The predicted octanol–water partition coefficient (Wildman–Crippen LogP) is 3.51. The number of allylic oxidation sites excluding steroid dienone is 1. The van der Waals surface area contributed by atoms with Crippen molar-refractivity contribution in [3.05, 3.63) is 74.8 Å². The fourth-order valence-corrected chi connectivity index (χ4v) is 5.16. The van der Waals surface area contributed by atoms with Crippen molar-refractivity contribution in [2.75, 3.05) is 25.3 Å². The van der Waals surface area contributed by atoms with Crippen molar-refractivity contribution in [2.45, 2.75) is 26.7 Å². The molecule has 1 aliphatic heterocycles. The molecule has 0 bridgehead atoms. The largest absolute Gasteiger partial charge is 0.468 e. The number of nitrogens with zero attached hydrogens (tertiary/aromatic N) is 1. The maximum atomic E-state index is 13.0. The highest BCUT2D eigenvalue weighted by molar-refractivity contribution is 8.03. The van der Waals surface area contributed by atoms with E-state index in [1.807, 2.05) is 32.9 Å². The Balaban J connectivity index is 1.92. The molecule has 2 aromatic rings. The SMILES string of the molecule is COC(=O)c1ccc([C@@H]2C(C#N)=C(SCC(=O)Nc3c(C)cc(C)cc3C)NC(=O)[C@H]2C(=O)OC)cc1. The highest BCUT2D eigenvalue weighted by Crippen LogP contribution is 2.40. The number of nitrogens with one attached hydrogen (secondary N) is 2. The van der Waals surface area contributed by atoms with E-state index in [2.05, 4.69) is 16.7 Å². The molecule has 0 radical (unpaired) electrons. The molecule has 2 amide bonds. The minimum atomic E-state index is -1.32. The fraction of sp³-hybridized carbons (Fsp3) is 0.296. The van der Waals surface area contributed by atoms with Crippen molar-refractivity contribution in [1.29, 1.82) is 5.26 Å². The van der Waals surface area contributed by atoms with Crippen LogP contribution in [0.2, 0.25) is 0 Å². The highest BCUT2D eigenvalue weighted by Gasteiger charge is 2.44. The molecule has 0 aliphatic carbocycles. The van der Waals surface area contributed by atoms with Crippen molar-refractivity contribution >= 4 is 41.2 Å². The van der Waals surface area contributed by atoms with E-state index in [9.17, 15) is 24.4 Å². The van der Waals surface area contributed by atoms with Gasteiger partial charge in [-0.1, -0.05) is 41.6 Å². The van der Waals surface area contributed by atoms with Crippen LogP contribution in [-0.2, 0) is 23.9 Å². The number of esters is 2. The number of ether oxygens (including phenoxy) is 2. The quantitative estimate of drug-likeness (QED) is 0.418. The van der Waals surface area contributed by atoms with Crippen molar-refractivity contribution in [2.24, 2.45) is 5.92 Å². The number of benzene rings is 2. The fourth-order valence-electron chi connectivity index (χ4n) is 4.31. The molecule has 0 aromatic heterocycles. The number of rotatable bonds is 7.